The van der Waals surface area contributed by atoms with E-state index >= 15 is 0 Å². The molecular weight excluding hydrogens is 743 g/mol. The van der Waals surface area contributed by atoms with E-state index < -0.39 is 56.5 Å². The summed E-state index contributed by atoms with van der Waals surface area (Å²) < 4.78 is 0.642. The molecule has 3 amide bonds. The van der Waals surface area contributed by atoms with Crippen molar-refractivity contribution in [3.8, 4) is 0 Å². The summed E-state index contributed by atoms with van der Waals surface area (Å²) >= 11 is 5.33. The van der Waals surface area contributed by atoms with Crippen LogP contribution in [0.1, 0.15) is 27.6 Å². The number of nitrogens with zero attached hydrogens (tertiary/aromatic N) is 1. The number of carbonyl (C=O) groups excluding carboxylic acids is 3. The third kappa shape index (κ3) is 6.33. The van der Waals surface area contributed by atoms with Crippen molar-refractivity contribution in [2.75, 3.05) is 32.0 Å². The van der Waals surface area contributed by atoms with Crippen molar-refractivity contribution >= 4 is 91.2 Å². The van der Waals surface area contributed by atoms with Gasteiger partial charge in [-0.15, -0.1) is 0 Å². The highest BCUT2D eigenvalue weighted by atomic mass is 127. The smallest absolute Gasteiger partial charge is 0.259 e. The van der Waals surface area contributed by atoms with E-state index in [4.69, 9.17) is 0 Å². The third-order valence-electron chi connectivity index (χ3n) is 3.79. The third-order valence-corrected chi connectivity index (χ3v) is 7.03. The Balaban J connectivity index is 3.74. The summed E-state index contributed by atoms with van der Waals surface area (Å²) in [6, 6.07) is -0.954. The maximum absolute atomic E-state index is 12.9. The first-order valence-electron chi connectivity index (χ1n) is 8.28. The van der Waals surface area contributed by atoms with Crippen LogP contribution < -0.4 is 10.6 Å². The average Bonchev–Trinajstić information content (AvgIpc) is 2.69. The van der Waals surface area contributed by atoms with Gasteiger partial charge in [-0.1, -0.05) is 0 Å². The van der Waals surface area contributed by atoms with Gasteiger partial charge in [-0.25, -0.2) is 0 Å². The molecule has 0 spiro atoms. The molecule has 0 saturated carbocycles. The monoisotopic (exact) mass is 763 g/mol. The fourth-order valence-electron chi connectivity index (χ4n) is 2.13. The minimum absolute atomic E-state index is 0.0245. The molecule has 0 heterocycles. The van der Waals surface area contributed by atoms with Crippen molar-refractivity contribution in [1.29, 1.82) is 0 Å². The zero-order valence-electron chi connectivity index (χ0n) is 15.5. The lowest BCUT2D eigenvalue weighted by molar-refractivity contribution is -0.123. The quantitative estimate of drug-likeness (QED) is 0.127. The topological polar surface area (TPSA) is 180 Å². The summed E-state index contributed by atoms with van der Waals surface area (Å²) in [5.74, 6) is -2.30. The van der Waals surface area contributed by atoms with Crippen LogP contribution in [0.3, 0.4) is 0 Å². The van der Waals surface area contributed by atoms with Gasteiger partial charge < -0.3 is 36.2 Å². The van der Waals surface area contributed by atoms with Gasteiger partial charge in [0.15, 0.2) is 0 Å². The molecule has 0 aliphatic heterocycles. The number of aliphatic hydroxyl groups excluding tert-OH is 5. The zero-order chi connectivity index (χ0) is 23.2. The van der Waals surface area contributed by atoms with Gasteiger partial charge in [0, 0.05) is 3.57 Å². The van der Waals surface area contributed by atoms with Gasteiger partial charge in [-0.05, 0) is 74.7 Å². The van der Waals surface area contributed by atoms with Gasteiger partial charge in [-0.2, -0.15) is 0 Å². The molecular formula is C16H20I3N3O8. The normalized spacial score (nSPS) is 11.9. The maximum Gasteiger partial charge on any atom is 0.259 e. The van der Waals surface area contributed by atoms with Crippen LogP contribution in [0, 0.1) is 10.7 Å². The molecule has 0 bridgehead atoms. The standard InChI is InChI=1S/C16H20I3N3O8/c1-6(27)14(28)21-13-11(18)8(15(29)20-7(2-23)3-24)10(17)9(12(13)19)16(30)22(4-25)5-26/h6-7,23-27H,2-5H2,1H3,(H,20,29)(H,21,28). The number of anilines is 1. The predicted molar refractivity (Wildman–Crippen MR) is 131 cm³/mol. The Bertz CT molecular complexity index is 814. The Kier molecular flexibility index (Phi) is 11.6. The summed E-state index contributed by atoms with van der Waals surface area (Å²) in [7, 11) is 0. The van der Waals surface area contributed by atoms with E-state index in [0.717, 1.165) is 0 Å². The highest BCUT2D eigenvalue weighted by molar-refractivity contribution is 14.1. The molecule has 168 valence electrons. The second-order valence-electron chi connectivity index (χ2n) is 5.90. The van der Waals surface area contributed by atoms with Gasteiger partial charge in [0.25, 0.3) is 17.7 Å². The van der Waals surface area contributed by atoms with Crippen LogP contribution in [0.15, 0.2) is 0 Å². The van der Waals surface area contributed by atoms with Gasteiger partial charge in [0.05, 0.1) is 43.2 Å². The van der Waals surface area contributed by atoms with Crippen molar-refractivity contribution in [1.82, 2.24) is 10.2 Å². The Morgan fingerprint density at radius 1 is 0.933 bits per heavy atom. The number of hydrogen-bond acceptors (Lipinski definition) is 8. The highest BCUT2D eigenvalue weighted by Crippen LogP contribution is 2.36. The Morgan fingerprint density at radius 3 is 1.87 bits per heavy atom. The fraction of sp³-hybridized carbons (Fsp3) is 0.438. The number of hydrogen-bond donors (Lipinski definition) is 7. The molecule has 1 aromatic rings. The Morgan fingerprint density at radius 2 is 1.43 bits per heavy atom. The van der Waals surface area contributed by atoms with E-state index in [-0.39, 0.29) is 27.5 Å². The highest BCUT2D eigenvalue weighted by Gasteiger charge is 2.31. The number of nitrogens with one attached hydrogen (secondary N) is 2. The van der Waals surface area contributed by atoms with E-state index in [2.05, 4.69) is 10.6 Å². The summed E-state index contributed by atoms with van der Waals surface area (Å²) in [5, 5.41) is 51.6. The first kappa shape index (κ1) is 27.7. The van der Waals surface area contributed by atoms with Gasteiger partial charge in [0.1, 0.15) is 19.6 Å². The van der Waals surface area contributed by atoms with E-state index in [1.54, 1.807) is 67.8 Å². The molecule has 7 N–H and O–H groups in total. The molecule has 0 radical (unpaired) electrons. The van der Waals surface area contributed by atoms with Crippen molar-refractivity contribution in [3.63, 3.8) is 0 Å². The van der Waals surface area contributed by atoms with Crippen LogP contribution in [0.25, 0.3) is 0 Å². The molecule has 0 fully saturated rings. The minimum Gasteiger partial charge on any atom is -0.394 e. The van der Waals surface area contributed by atoms with Crippen LogP contribution in [0.4, 0.5) is 5.69 Å². The molecule has 0 aromatic heterocycles. The number of amides is 3. The molecule has 0 saturated heterocycles. The zero-order valence-corrected chi connectivity index (χ0v) is 22.0. The SMILES string of the molecule is CC(O)C(=O)Nc1c(I)c(C(=O)NC(CO)CO)c(I)c(C(=O)N(CO)CO)c1I. The summed E-state index contributed by atoms with van der Waals surface area (Å²) in [6.45, 7) is -1.39. The maximum atomic E-state index is 12.9. The van der Waals surface area contributed by atoms with Crippen LogP contribution in [0.2, 0.25) is 0 Å². The van der Waals surface area contributed by atoms with Crippen molar-refractivity contribution in [2.45, 2.75) is 19.1 Å². The summed E-state index contributed by atoms with van der Waals surface area (Å²) in [4.78, 5) is 38.5. The van der Waals surface area contributed by atoms with E-state index in [0.29, 0.717) is 4.90 Å². The van der Waals surface area contributed by atoms with Crippen molar-refractivity contribution in [3.05, 3.63) is 21.8 Å². The lowest BCUT2D eigenvalue weighted by Gasteiger charge is -2.24. The average molecular weight is 763 g/mol. The second-order valence-corrected chi connectivity index (χ2v) is 9.13. The molecule has 1 atom stereocenters. The molecule has 1 aromatic carbocycles. The van der Waals surface area contributed by atoms with Crippen LogP contribution in [-0.4, -0.2) is 87.0 Å². The lowest BCUT2D eigenvalue weighted by atomic mass is 10.1. The van der Waals surface area contributed by atoms with E-state index in [1.807, 2.05) is 0 Å². The van der Waals surface area contributed by atoms with Crippen LogP contribution >= 0.6 is 67.8 Å². The minimum atomic E-state index is -1.37. The summed E-state index contributed by atoms with van der Waals surface area (Å²) in [6.07, 6.45) is -1.37. The van der Waals surface area contributed by atoms with Crippen LogP contribution in [0.5, 0.6) is 0 Å². The van der Waals surface area contributed by atoms with Gasteiger partial charge in [0.2, 0.25) is 0 Å². The summed E-state index contributed by atoms with van der Waals surface area (Å²) in [5.41, 5.74) is -0.00436. The number of carbonyl (C=O) groups is 3. The fourth-order valence-corrected chi connectivity index (χ4v) is 6.51. The molecule has 0 aliphatic rings. The molecule has 14 heteroatoms. The van der Waals surface area contributed by atoms with Gasteiger partial charge in [-0.3, -0.25) is 19.3 Å². The van der Waals surface area contributed by atoms with Crippen molar-refractivity contribution in [2.24, 2.45) is 0 Å². The largest absolute Gasteiger partial charge is 0.394 e. The number of aliphatic hydroxyl groups is 5. The van der Waals surface area contributed by atoms with Gasteiger partial charge >= 0.3 is 0 Å². The first-order valence-corrected chi connectivity index (χ1v) is 11.5. The van der Waals surface area contributed by atoms with E-state index in [9.17, 15) is 39.9 Å². The van der Waals surface area contributed by atoms with E-state index in [1.165, 1.54) is 6.92 Å². The lowest BCUT2D eigenvalue weighted by Crippen LogP contribution is -2.41. The molecule has 30 heavy (non-hydrogen) atoms. The predicted octanol–water partition coefficient (Wildman–Crippen LogP) is -0.756. The first-order chi connectivity index (χ1) is 14.0. The Hall–Kier alpha value is -0.380. The number of halogens is 3. The Labute approximate surface area is 212 Å². The molecule has 0 aliphatic carbocycles. The number of benzene rings is 1. The molecule has 1 unspecified atom stereocenters. The van der Waals surface area contributed by atoms with Crippen LogP contribution in [-0.2, 0) is 4.79 Å². The van der Waals surface area contributed by atoms with Crippen molar-refractivity contribution < 1.29 is 39.9 Å². The second kappa shape index (κ2) is 12.6. The molecule has 11 nitrogen and oxygen atoms in total. The number of rotatable bonds is 9. The molecule has 1 rings (SSSR count).